The Balaban J connectivity index is 1.63. The van der Waals surface area contributed by atoms with Crippen molar-refractivity contribution in [1.29, 1.82) is 0 Å². The Bertz CT molecular complexity index is 669. The Kier molecular flexibility index (Phi) is 6.11. The van der Waals surface area contributed by atoms with E-state index >= 15 is 0 Å². The summed E-state index contributed by atoms with van der Waals surface area (Å²) in [5, 5.41) is 13.6. The smallest absolute Gasteiger partial charge is 0.119 e. The Morgan fingerprint density at radius 1 is 1.16 bits per heavy atom. The first kappa shape index (κ1) is 18.0. The minimum atomic E-state index is -0.289. The van der Waals surface area contributed by atoms with Crippen molar-refractivity contribution in [3.8, 4) is 5.75 Å². The normalized spacial score (nSPS) is 19.1. The van der Waals surface area contributed by atoms with Crippen LogP contribution in [0.5, 0.6) is 5.75 Å². The van der Waals surface area contributed by atoms with Gasteiger partial charge in [0.05, 0.1) is 13.2 Å². The lowest BCUT2D eigenvalue weighted by atomic mass is 9.87. The number of aryl methyl sites for hydroxylation is 1. The lowest BCUT2D eigenvalue weighted by molar-refractivity contribution is 0.172. The van der Waals surface area contributed by atoms with Gasteiger partial charge in [-0.2, -0.15) is 0 Å². The predicted octanol–water partition coefficient (Wildman–Crippen LogP) is 3.70. The molecule has 3 unspecified atom stereocenters. The third-order valence-corrected chi connectivity index (χ3v) is 5.19. The summed E-state index contributed by atoms with van der Waals surface area (Å²) >= 11 is 0. The molecule has 3 heteroatoms. The van der Waals surface area contributed by atoms with E-state index in [0.717, 1.165) is 38.0 Å². The van der Waals surface area contributed by atoms with Crippen molar-refractivity contribution in [2.24, 2.45) is 0 Å². The molecule has 0 aromatic heterocycles. The maximum absolute atomic E-state index is 9.87. The predicted molar refractivity (Wildman–Crippen MR) is 102 cm³/mol. The molecule has 2 aromatic rings. The molecule has 1 aliphatic rings. The quantitative estimate of drug-likeness (QED) is 0.808. The Morgan fingerprint density at radius 3 is 2.68 bits per heavy atom. The summed E-state index contributed by atoms with van der Waals surface area (Å²) in [6, 6.07) is 17.4. The maximum Gasteiger partial charge on any atom is 0.119 e. The highest BCUT2D eigenvalue weighted by Gasteiger charge is 2.21. The summed E-state index contributed by atoms with van der Waals surface area (Å²) in [6.45, 7) is 2.78. The van der Waals surface area contributed by atoms with Gasteiger partial charge in [0.2, 0.25) is 0 Å². The summed E-state index contributed by atoms with van der Waals surface area (Å²) in [5.41, 5.74) is 4.14. The molecule has 3 rings (SSSR count). The Labute approximate surface area is 151 Å². The molecule has 0 saturated heterocycles. The fourth-order valence-corrected chi connectivity index (χ4v) is 3.82. The van der Waals surface area contributed by atoms with E-state index in [4.69, 9.17) is 4.74 Å². The van der Waals surface area contributed by atoms with E-state index in [-0.39, 0.29) is 6.10 Å². The summed E-state index contributed by atoms with van der Waals surface area (Å²) in [4.78, 5) is 0. The minimum absolute atomic E-state index is 0.289. The molecule has 3 nitrogen and oxygen atoms in total. The SMILES string of the molecule is COc1ccc2c(c1)CC(NCC(CC(C)O)c1ccccc1)CC2. The van der Waals surface area contributed by atoms with Crippen molar-refractivity contribution in [3.05, 3.63) is 65.2 Å². The van der Waals surface area contributed by atoms with Crippen LogP contribution < -0.4 is 10.1 Å². The van der Waals surface area contributed by atoms with Crippen LogP contribution >= 0.6 is 0 Å². The molecule has 0 heterocycles. The van der Waals surface area contributed by atoms with Gasteiger partial charge >= 0.3 is 0 Å². The molecule has 134 valence electrons. The van der Waals surface area contributed by atoms with Crippen LogP contribution in [0.1, 0.15) is 42.4 Å². The molecule has 3 atom stereocenters. The van der Waals surface area contributed by atoms with Crippen LogP contribution in [0.4, 0.5) is 0 Å². The molecular formula is C22H29NO2. The third kappa shape index (κ3) is 4.83. The van der Waals surface area contributed by atoms with Crippen molar-refractivity contribution in [1.82, 2.24) is 5.32 Å². The van der Waals surface area contributed by atoms with Crippen molar-refractivity contribution in [2.75, 3.05) is 13.7 Å². The van der Waals surface area contributed by atoms with E-state index < -0.39 is 0 Å². The van der Waals surface area contributed by atoms with Gasteiger partial charge in [0.1, 0.15) is 5.75 Å². The zero-order chi connectivity index (χ0) is 17.6. The van der Waals surface area contributed by atoms with Gasteiger partial charge in [-0.15, -0.1) is 0 Å². The van der Waals surface area contributed by atoms with Crippen molar-refractivity contribution < 1.29 is 9.84 Å². The second-order valence-corrected chi connectivity index (χ2v) is 7.17. The summed E-state index contributed by atoms with van der Waals surface area (Å²) < 4.78 is 5.37. The van der Waals surface area contributed by atoms with Gasteiger partial charge in [0, 0.05) is 12.6 Å². The van der Waals surface area contributed by atoms with E-state index in [1.54, 1.807) is 7.11 Å². The number of hydrogen-bond donors (Lipinski definition) is 2. The van der Waals surface area contributed by atoms with Gasteiger partial charge in [-0.1, -0.05) is 36.4 Å². The number of methoxy groups -OCH3 is 1. The Morgan fingerprint density at radius 2 is 1.96 bits per heavy atom. The number of ether oxygens (including phenoxy) is 1. The number of rotatable bonds is 7. The zero-order valence-electron chi connectivity index (χ0n) is 15.2. The van der Waals surface area contributed by atoms with Crippen LogP contribution in [-0.2, 0) is 12.8 Å². The van der Waals surface area contributed by atoms with Crippen LogP contribution in [0.3, 0.4) is 0 Å². The standard InChI is InChI=1S/C22H29NO2/c1-16(24)12-20(17-6-4-3-5-7-17)15-23-21-10-8-18-9-11-22(25-2)14-19(18)13-21/h3-7,9,11,14,16,20-21,23-24H,8,10,12-13,15H2,1-2H3. The van der Waals surface area contributed by atoms with E-state index in [9.17, 15) is 5.11 Å². The van der Waals surface area contributed by atoms with Gasteiger partial charge in [-0.25, -0.2) is 0 Å². The first-order valence-corrected chi connectivity index (χ1v) is 9.28. The highest BCUT2D eigenvalue weighted by Crippen LogP contribution is 2.26. The van der Waals surface area contributed by atoms with Crippen LogP contribution in [0.15, 0.2) is 48.5 Å². The molecule has 0 aliphatic heterocycles. The Hall–Kier alpha value is -1.84. The first-order valence-electron chi connectivity index (χ1n) is 9.28. The molecule has 1 aliphatic carbocycles. The van der Waals surface area contributed by atoms with E-state index in [0.29, 0.717) is 12.0 Å². The number of fused-ring (bicyclic) bond motifs is 1. The fraction of sp³-hybridized carbons (Fsp3) is 0.455. The van der Waals surface area contributed by atoms with Gasteiger partial charge in [0.15, 0.2) is 0 Å². The molecule has 0 bridgehead atoms. The number of benzene rings is 2. The summed E-state index contributed by atoms with van der Waals surface area (Å²) in [5.74, 6) is 1.28. The number of hydrogen-bond acceptors (Lipinski definition) is 3. The van der Waals surface area contributed by atoms with E-state index in [1.165, 1.54) is 16.7 Å². The molecule has 0 spiro atoms. The van der Waals surface area contributed by atoms with Gasteiger partial charge < -0.3 is 15.2 Å². The van der Waals surface area contributed by atoms with Gasteiger partial charge in [-0.3, -0.25) is 0 Å². The molecule has 0 saturated carbocycles. The second kappa shape index (κ2) is 8.50. The fourth-order valence-electron chi connectivity index (χ4n) is 3.82. The zero-order valence-corrected chi connectivity index (χ0v) is 15.2. The molecule has 0 radical (unpaired) electrons. The van der Waals surface area contributed by atoms with Crippen LogP contribution in [0, 0.1) is 0 Å². The molecule has 0 amide bonds. The minimum Gasteiger partial charge on any atom is -0.497 e. The molecule has 25 heavy (non-hydrogen) atoms. The number of aliphatic hydroxyl groups is 1. The molecular weight excluding hydrogens is 310 g/mol. The summed E-state index contributed by atoms with van der Waals surface area (Å²) in [6.07, 6.45) is 3.82. The van der Waals surface area contributed by atoms with E-state index in [2.05, 4.69) is 47.8 Å². The third-order valence-electron chi connectivity index (χ3n) is 5.19. The highest BCUT2D eigenvalue weighted by molar-refractivity contribution is 5.38. The molecule has 0 fully saturated rings. The average molecular weight is 339 g/mol. The van der Waals surface area contributed by atoms with Crippen molar-refractivity contribution in [2.45, 2.75) is 50.7 Å². The largest absolute Gasteiger partial charge is 0.497 e. The van der Waals surface area contributed by atoms with E-state index in [1.807, 2.05) is 13.0 Å². The van der Waals surface area contributed by atoms with Gasteiger partial charge in [-0.05, 0) is 67.3 Å². The van der Waals surface area contributed by atoms with Crippen molar-refractivity contribution >= 4 is 0 Å². The molecule has 2 aromatic carbocycles. The lowest BCUT2D eigenvalue weighted by Gasteiger charge is -2.28. The number of aliphatic hydroxyl groups excluding tert-OH is 1. The highest BCUT2D eigenvalue weighted by atomic mass is 16.5. The topological polar surface area (TPSA) is 41.5 Å². The van der Waals surface area contributed by atoms with Crippen LogP contribution in [0.25, 0.3) is 0 Å². The maximum atomic E-state index is 9.87. The molecule has 2 N–H and O–H groups in total. The monoisotopic (exact) mass is 339 g/mol. The average Bonchev–Trinajstić information content (AvgIpc) is 2.64. The van der Waals surface area contributed by atoms with Crippen LogP contribution in [-0.4, -0.2) is 30.9 Å². The lowest BCUT2D eigenvalue weighted by Crippen LogP contribution is -2.37. The van der Waals surface area contributed by atoms with Crippen LogP contribution in [0.2, 0.25) is 0 Å². The number of nitrogens with one attached hydrogen (secondary N) is 1. The first-order chi connectivity index (χ1) is 12.2. The second-order valence-electron chi connectivity index (χ2n) is 7.17. The summed E-state index contributed by atoms with van der Waals surface area (Å²) in [7, 11) is 1.72. The van der Waals surface area contributed by atoms with Gasteiger partial charge in [0.25, 0.3) is 0 Å². The van der Waals surface area contributed by atoms with Crippen molar-refractivity contribution in [3.63, 3.8) is 0 Å².